The second-order valence-electron chi connectivity index (χ2n) is 4.62. The molecule has 3 nitrogen and oxygen atoms in total. The van der Waals surface area contributed by atoms with Crippen LogP contribution in [0.4, 0.5) is 5.69 Å². The molecular weight excluding hydrogens is 410 g/mol. The molecule has 0 spiro atoms. The maximum atomic E-state index is 12.1. The number of methoxy groups -OCH3 is 1. The summed E-state index contributed by atoms with van der Waals surface area (Å²) < 4.78 is 7.16. The fourth-order valence-electron chi connectivity index (χ4n) is 1.92. The number of halogens is 2. The molecule has 0 aliphatic heterocycles. The smallest absolute Gasteiger partial charge is 0.248 e. The van der Waals surface area contributed by atoms with Gasteiger partial charge in [0.25, 0.3) is 0 Å². The lowest BCUT2D eigenvalue weighted by Gasteiger charge is -2.08. The van der Waals surface area contributed by atoms with Gasteiger partial charge in [-0.2, -0.15) is 0 Å². The quantitative estimate of drug-likeness (QED) is 0.686. The van der Waals surface area contributed by atoms with Crippen LogP contribution in [0.2, 0.25) is 0 Å². The molecule has 1 N–H and O–H groups in total. The molecule has 0 saturated carbocycles. The zero-order valence-corrected chi connectivity index (χ0v) is 15.4. The SMILES string of the molecule is COc1ccc(Br)cc1/C=C/C(=O)Nc1cccc(Br)c1C. The van der Waals surface area contributed by atoms with Gasteiger partial charge in [0, 0.05) is 26.3 Å². The summed E-state index contributed by atoms with van der Waals surface area (Å²) in [5.41, 5.74) is 2.60. The summed E-state index contributed by atoms with van der Waals surface area (Å²) in [5.74, 6) is 0.522. The molecule has 2 rings (SSSR count). The second-order valence-corrected chi connectivity index (χ2v) is 6.39. The highest BCUT2D eigenvalue weighted by molar-refractivity contribution is 9.10. The molecule has 0 heterocycles. The normalized spacial score (nSPS) is 10.7. The van der Waals surface area contributed by atoms with E-state index in [4.69, 9.17) is 4.74 Å². The van der Waals surface area contributed by atoms with Crippen LogP contribution in [0.25, 0.3) is 6.08 Å². The van der Waals surface area contributed by atoms with Crippen molar-refractivity contribution in [2.24, 2.45) is 0 Å². The average molecular weight is 425 g/mol. The molecule has 0 aromatic heterocycles. The standard InChI is InChI=1S/C17H15Br2NO2/c1-11-14(19)4-3-5-15(11)20-17(21)9-6-12-10-13(18)7-8-16(12)22-2/h3-10H,1-2H3,(H,20,21)/b9-6+. The van der Waals surface area contributed by atoms with E-state index in [0.29, 0.717) is 5.75 Å². The van der Waals surface area contributed by atoms with E-state index in [9.17, 15) is 4.79 Å². The van der Waals surface area contributed by atoms with Crippen LogP contribution < -0.4 is 10.1 Å². The van der Waals surface area contributed by atoms with E-state index in [1.165, 1.54) is 6.08 Å². The molecule has 0 unspecified atom stereocenters. The van der Waals surface area contributed by atoms with Crippen LogP contribution in [0.3, 0.4) is 0 Å². The van der Waals surface area contributed by atoms with Crippen molar-refractivity contribution >= 4 is 49.5 Å². The van der Waals surface area contributed by atoms with Crippen molar-refractivity contribution < 1.29 is 9.53 Å². The molecule has 0 aliphatic carbocycles. The number of hydrogen-bond acceptors (Lipinski definition) is 2. The Balaban J connectivity index is 2.15. The third-order valence-electron chi connectivity index (χ3n) is 3.13. The molecule has 0 aliphatic rings. The molecule has 2 aromatic carbocycles. The summed E-state index contributed by atoms with van der Waals surface area (Å²) in [6, 6.07) is 11.3. The lowest BCUT2D eigenvalue weighted by molar-refractivity contribution is -0.111. The molecule has 0 fully saturated rings. The molecule has 1 amide bonds. The van der Waals surface area contributed by atoms with E-state index in [1.54, 1.807) is 13.2 Å². The summed E-state index contributed by atoms with van der Waals surface area (Å²) in [5, 5.41) is 2.87. The molecule has 0 saturated heterocycles. The van der Waals surface area contributed by atoms with Crippen LogP contribution in [0.15, 0.2) is 51.4 Å². The Labute approximate surface area is 146 Å². The maximum Gasteiger partial charge on any atom is 0.248 e. The Kier molecular flexibility index (Phi) is 5.80. The van der Waals surface area contributed by atoms with Gasteiger partial charge in [-0.15, -0.1) is 0 Å². The molecule has 5 heteroatoms. The average Bonchev–Trinajstić information content (AvgIpc) is 2.50. The van der Waals surface area contributed by atoms with E-state index in [0.717, 1.165) is 25.8 Å². The number of anilines is 1. The van der Waals surface area contributed by atoms with Gasteiger partial charge in [0.2, 0.25) is 5.91 Å². The summed E-state index contributed by atoms with van der Waals surface area (Å²) in [7, 11) is 1.60. The van der Waals surface area contributed by atoms with Crippen molar-refractivity contribution in [3.05, 3.63) is 62.5 Å². The summed E-state index contributed by atoms with van der Waals surface area (Å²) in [6.07, 6.45) is 3.22. The maximum absolute atomic E-state index is 12.1. The minimum absolute atomic E-state index is 0.191. The van der Waals surface area contributed by atoms with Crippen LogP contribution in [-0.2, 0) is 4.79 Å². The molecular formula is C17H15Br2NO2. The van der Waals surface area contributed by atoms with Crippen molar-refractivity contribution in [3.8, 4) is 5.75 Å². The number of hydrogen-bond donors (Lipinski definition) is 1. The van der Waals surface area contributed by atoms with E-state index >= 15 is 0 Å². The summed E-state index contributed by atoms with van der Waals surface area (Å²) >= 11 is 6.86. The Morgan fingerprint density at radius 3 is 2.73 bits per heavy atom. The first-order valence-corrected chi connectivity index (χ1v) is 8.17. The third kappa shape index (κ3) is 4.21. The van der Waals surface area contributed by atoms with Gasteiger partial charge >= 0.3 is 0 Å². The zero-order valence-electron chi connectivity index (χ0n) is 12.2. The van der Waals surface area contributed by atoms with Crippen molar-refractivity contribution in [2.45, 2.75) is 6.92 Å². The van der Waals surface area contributed by atoms with E-state index in [2.05, 4.69) is 37.2 Å². The van der Waals surface area contributed by atoms with Gasteiger partial charge in [-0.1, -0.05) is 37.9 Å². The van der Waals surface area contributed by atoms with Gasteiger partial charge in [0.05, 0.1) is 7.11 Å². The number of carbonyl (C=O) groups is 1. The number of ether oxygens (including phenoxy) is 1. The summed E-state index contributed by atoms with van der Waals surface area (Å²) in [4.78, 5) is 12.1. The minimum atomic E-state index is -0.191. The lowest BCUT2D eigenvalue weighted by atomic mass is 10.1. The summed E-state index contributed by atoms with van der Waals surface area (Å²) in [6.45, 7) is 1.95. The van der Waals surface area contributed by atoms with Gasteiger partial charge in [0.1, 0.15) is 5.75 Å². The van der Waals surface area contributed by atoms with Crippen LogP contribution in [-0.4, -0.2) is 13.0 Å². The minimum Gasteiger partial charge on any atom is -0.496 e. The second kappa shape index (κ2) is 7.61. The Hall–Kier alpha value is -1.59. The van der Waals surface area contributed by atoms with Crippen molar-refractivity contribution in [2.75, 3.05) is 12.4 Å². The number of benzene rings is 2. The molecule has 114 valence electrons. The number of nitrogens with one attached hydrogen (secondary N) is 1. The highest BCUT2D eigenvalue weighted by Crippen LogP contribution is 2.25. The van der Waals surface area contributed by atoms with Crippen LogP contribution in [0.5, 0.6) is 5.75 Å². The molecule has 22 heavy (non-hydrogen) atoms. The Morgan fingerprint density at radius 2 is 2.00 bits per heavy atom. The molecule has 0 atom stereocenters. The van der Waals surface area contributed by atoms with Crippen LogP contribution >= 0.6 is 31.9 Å². The fraction of sp³-hybridized carbons (Fsp3) is 0.118. The predicted molar refractivity (Wildman–Crippen MR) is 97.2 cm³/mol. The van der Waals surface area contributed by atoms with Crippen LogP contribution in [0.1, 0.15) is 11.1 Å². The molecule has 0 bridgehead atoms. The predicted octanol–water partition coefficient (Wildman–Crippen LogP) is 5.18. The van der Waals surface area contributed by atoms with E-state index in [1.807, 2.05) is 43.3 Å². The first kappa shape index (κ1) is 16.8. The van der Waals surface area contributed by atoms with Gasteiger partial charge in [-0.05, 0) is 48.9 Å². The van der Waals surface area contributed by atoms with Gasteiger partial charge < -0.3 is 10.1 Å². The first-order chi connectivity index (χ1) is 10.5. The van der Waals surface area contributed by atoms with E-state index < -0.39 is 0 Å². The topological polar surface area (TPSA) is 38.3 Å². The fourth-order valence-corrected chi connectivity index (χ4v) is 2.66. The lowest BCUT2D eigenvalue weighted by Crippen LogP contribution is -2.09. The third-order valence-corrected chi connectivity index (χ3v) is 4.48. The van der Waals surface area contributed by atoms with E-state index in [-0.39, 0.29) is 5.91 Å². The van der Waals surface area contributed by atoms with Crippen LogP contribution in [0, 0.1) is 6.92 Å². The van der Waals surface area contributed by atoms with Crippen molar-refractivity contribution in [1.29, 1.82) is 0 Å². The Morgan fingerprint density at radius 1 is 1.23 bits per heavy atom. The first-order valence-electron chi connectivity index (χ1n) is 6.59. The number of carbonyl (C=O) groups excluding carboxylic acids is 1. The highest BCUT2D eigenvalue weighted by Gasteiger charge is 2.05. The molecule has 2 aromatic rings. The number of rotatable bonds is 4. The zero-order chi connectivity index (χ0) is 16.1. The number of amides is 1. The highest BCUT2D eigenvalue weighted by atomic mass is 79.9. The van der Waals surface area contributed by atoms with Crippen molar-refractivity contribution in [3.63, 3.8) is 0 Å². The largest absolute Gasteiger partial charge is 0.496 e. The monoisotopic (exact) mass is 423 g/mol. The van der Waals surface area contributed by atoms with Gasteiger partial charge in [0.15, 0.2) is 0 Å². The van der Waals surface area contributed by atoms with Gasteiger partial charge in [-0.25, -0.2) is 0 Å². The molecule has 0 radical (unpaired) electrons. The van der Waals surface area contributed by atoms with Crippen molar-refractivity contribution in [1.82, 2.24) is 0 Å². The van der Waals surface area contributed by atoms with Gasteiger partial charge in [-0.3, -0.25) is 4.79 Å². The Bertz CT molecular complexity index is 727.